The minimum absolute atomic E-state index is 0.0440. The fraction of sp³-hybridized carbons (Fsp3) is 0.500. The Labute approximate surface area is 236 Å². The molecule has 7 nitrogen and oxygen atoms in total. The minimum atomic E-state index is -1.27. The molecule has 0 bridgehead atoms. The highest BCUT2D eigenvalue weighted by Crippen LogP contribution is 2.20. The summed E-state index contributed by atoms with van der Waals surface area (Å²) < 4.78 is 40.4. The van der Waals surface area contributed by atoms with E-state index in [0.29, 0.717) is 12.6 Å². The largest absolute Gasteiger partial charge is 0.352 e. The number of hydrogen-bond donors (Lipinski definition) is 3. The minimum Gasteiger partial charge on any atom is -0.352 e. The molecule has 40 heavy (non-hydrogen) atoms. The Hall–Kier alpha value is -3.40. The van der Waals surface area contributed by atoms with E-state index in [4.69, 9.17) is 5.73 Å². The summed E-state index contributed by atoms with van der Waals surface area (Å²) in [6.45, 7) is 10.8. The lowest BCUT2D eigenvalue weighted by Crippen LogP contribution is -2.40. The second kappa shape index (κ2) is 18.8. The highest BCUT2D eigenvalue weighted by molar-refractivity contribution is 5.84. The van der Waals surface area contributed by atoms with E-state index >= 15 is 0 Å². The van der Waals surface area contributed by atoms with E-state index in [-0.39, 0.29) is 49.4 Å². The van der Waals surface area contributed by atoms with Gasteiger partial charge in [0.05, 0.1) is 6.34 Å². The second-order valence-corrected chi connectivity index (χ2v) is 8.87. The molecular formula is C30H44F3N5O2. The zero-order chi connectivity index (χ0) is 30.1. The number of nitrogens with zero attached hydrogens (tertiary/aromatic N) is 2. The molecule has 0 saturated heterocycles. The van der Waals surface area contributed by atoms with Crippen LogP contribution in [0.5, 0.6) is 0 Å². The summed E-state index contributed by atoms with van der Waals surface area (Å²) in [6, 6.07) is 8.20. The van der Waals surface area contributed by atoms with Crippen molar-refractivity contribution in [2.75, 3.05) is 18.0 Å². The van der Waals surface area contributed by atoms with Crippen LogP contribution in [0.25, 0.3) is 0 Å². The van der Waals surface area contributed by atoms with Gasteiger partial charge in [0.2, 0.25) is 11.8 Å². The number of rotatable bonds is 12. The maximum atomic E-state index is 13.9. The summed E-state index contributed by atoms with van der Waals surface area (Å²) in [5.41, 5.74) is 7.53. The molecule has 1 fully saturated rings. The third kappa shape index (κ3) is 11.4. The van der Waals surface area contributed by atoms with Gasteiger partial charge < -0.3 is 21.3 Å². The summed E-state index contributed by atoms with van der Waals surface area (Å²) in [4.78, 5) is 30.6. The average molecular weight is 564 g/mol. The molecule has 0 radical (unpaired) electrons. The predicted molar refractivity (Wildman–Crippen MR) is 156 cm³/mol. The van der Waals surface area contributed by atoms with Crippen molar-refractivity contribution in [3.63, 3.8) is 0 Å². The van der Waals surface area contributed by atoms with Crippen LogP contribution in [0.3, 0.4) is 0 Å². The molecule has 2 amide bonds. The molecule has 10 heteroatoms. The Bertz CT molecular complexity index is 1090. The van der Waals surface area contributed by atoms with Crippen molar-refractivity contribution in [2.45, 2.75) is 85.4 Å². The number of halogens is 3. The SMILES string of the molecule is CC.CC.CCN(C=NCC(=O)NC1CCC1)c1ccccc1CNC(=O)CC(N)Cc1cc(F)c(F)cc1F. The van der Waals surface area contributed by atoms with Crippen molar-refractivity contribution < 1.29 is 22.8 Å². The molecule has 1 aliphatic carbocycles. The number of carbonyl (C=O) groups excluding carboxylic acids is 2. The first-order chi connectivity index (χ1) is 19.3. The highest BCUT2D eigenvalue weighted by Gasteiger charge is 2.19. The van der Waals surface area contributed by atoms with Crippen LogP contribution >= 0.6 is 0 Å². The van der Waals surface area contributed by atoms with Crippen LogP contribution in [0, 0.1) is 17.5 Å². The lowest BCUT2D eigenvalue weighted by atomic mass is 9.93. The number of hydrogen-bond acceptors (Lipinski definition) is 4. The van der Waals surface area contributed by atoms with Gasteiger partial charge in [0.15, 0.2) is 11.6 Å². The summed E-state index contributed by atoms with van der Waals surface area (Å²) in [5.74, 6) is -3.80. The van der Waals surface area contributed by atoms with Crippen molar-refractivity contribution in [1.29, 1.82) is 0 Å². The topological polar surface area (TPSA) is 99.8 Å². The van der Waals surface area contributed by atoms with Gasteiger partial charge in [0.1, 0.15) is 12.4 Å². The number of amides is 2. The first kappa shape index (κ1) is 34.6. The van der Waals surface area contributed by atoms with Crippen LogP contribution in [-0.4, -0.2) is 43.3 Å². The first-order valence-electron chi connectivity index (χ1n) is 14.1. The van der Waals surface area contributed by atoms with Crippen LogP contribution in [0.15, 0.2) is 41.4 Å². The van der Waals surface area contributed by atoms with Gasteiger partial charge >= 0.3 is 0 Å². The molecule has 0 aromatic heterocycles. The molecule has 3 rings (SSSR count). The van der Waals surface area contributed by atoms with Gasteiger partial charge in [-0.2, -0.15) is 0 Å². The Balaban J connectivity index is 0.00000191. The van der Waals surface area contributed by atoms with E-state index in [1.807, 2.05) is 63.8 Å². The lowest BCUT2D eigenvalue weighted by molar-refractivity contribution is -0.122. The van der Waals surface area contributed by atoms with Gasteiger partial charge in [-0.3, -0.25) is 14.6 Å². The monoisotopic (exact) mass is 563 g/mol. The Morgan fingerprint density at radius 3 is 2.30 bits per heavy atom. The second-order valence-electron chi connectivity index (χ2n) is 8.87. The van der Waals surface area contributed by atoms with E-state index in [9.17, 15) is 22.8 Å². The van der Waals surface area contributed by atoms with Crippen LogP contribution in [0.4, 0.5) is 18.9 Å². The third-order valence-electron chi connectivity index (χ3n) is 6.06. The quantitative estimate of drug-likeness (QED) is 0.186. The molecule has 0 spiro atoms. The van der Waals surface area contributed by atoms with Gasteiger partial charge in [-0.25, -0.2) is 13.2 Å². The molecule has 0 heterocycles. The molecule has 1 aliphatic rings. The van der Waals surface area contributed by atoms with Crippen molar-refractivity contribution in [3.05, 3.63) is 65.0 Å². The molecule has 222 valence electrons. The molecule has 2 aromatic rings. The summed E-state index contributed by atoms with van der Waals surface area (Å²) >= 11 is 0. The molecule has 1 unspecified atom stereocenters. The van der Waals surface area contributed by atoms with Crippen molar-refractivity contribution in [2.24, 2.45) is 10.7 Å². The maximum Gasteiger partial charge on any atom is 0.241 e. The normalized spacial score (nSPS) is 13.2. The number of para-hydroxylation sites is 1. The van der Waals surface area contributed by atoms with E-state index in [1.165, 1.54) is 0 Å². The third-order valence-corrected chi connectivity index (χ3v) is 6.06. The highest BCUT2D eigenvalue weighted by atomic mass is 19.2. The standard InChI is InChI=1S/C26H32F3N5O2.2C2H6/c1-2-34(16-31-15-26(36)33-20-7-5-8-20)24-9-4-3-6-17(24)14-32-25(35)12-19(30)10-18-11-22(28)23(29)13-21(18)27;2*1-2/h3-4,6,9,11,13,16,19-20H,2,5,7-8,10,12,14-15,30H2,1H3,(H,32,35)(H,33,36);2*1-2H3. The van der Waals surface area contributed by atoms with E-state index < -0.39 is 23.5 Å². The molecule has 4 N–H and O–H groups in total. The Morgan fingerprint density at radius 2 is 1.68 bits per heavy atom. The Morgan fingerprint density at radius 1 is 1.02 bits per heavy atom. The number of aliphatic imine (C=N–C) groups is 1. The van der Waals surface area contributed by atoms with Gasteiger partial charge in [-0.15, -0.1) is 0 Å². The molecule has 1 atom stereocenters. The number of anilines is 1. The van der Waals surface area contributed by atoms with Gasteiger partial charge in [-0.05, 0) is 55.9 Å². The summed E-state index contributed by atoms with van der Waals surface area (Å²) in [7, 11) is 0. The molecule has 2 aromatic carbocycles. The van der Waals surface area contributed by atoms with Gasteiger partial charge in [0, 0.05) is 43.3 Å². The molecule has 1 saturated carbocycles. The molecular weight excluding hydrogens is 519 g/mol. The van der Waals surface area contributed by atoms with E-state index in [2.05, 4.69) is 15.6 Å². The lowest BCUT2D eigenvalue weighted by Gasteiger charge is -2.26. The number of nitrogens with one attached hydrogen (secondary N) is 2. The van der Waals surface area contributed by atoms with E-state index in [0.717, 1.165) is 36.6 Å². The Kier molecular flexibility index (Phi) is 16.3. The van der Waals surface area contributed by atoms with E-state index in [1.54, 1.807) is 6.34 Å². The zero-order valence-electron chi connectivity index (χ0n) is 24.3. The van der Waals surface area contributed by atoms with Gasteiger partial charge in [-0.1, -0.05) is 45.9 Å². The van der Waals surface area contributed by atoms with Crippen molar-refractivity contribution in [3.8, 4) is 0 Å². The number of benzene rings is 2. The van der Waals surface area contributed by atoms with Crippen molar-refractivity contribution >= 4 is 23.8 Å². The van der Waals surface area contributed by atoms with Crippen LogP contribution in [-0.2, 0) is 22.6 Å². The fourth-order valence-corrected chi connectivity index (χ4v) is 3.88. The summed E-state index contributed by atoms with van der Waals surface area (Å²) in [5, 5.41) is 5.74. The van der Waals surface area contributed by atoms with Gasteiger partial charge in [0.25, 0.3) is 0 Å². The van der Waals surface area contributed by atoms with Crippen molar-refractivity contribution in [1.82, 2.24) is 10.6 Å². The zero-order valence-corrected chi connectivity index (χ0v) is 24.3. The van der Waals surface area contributed by atoms with Crippen LogP contribution in [0.1, 0.15) is 71.4 Å². The number of carbonyl (C=O) groups is 2. The maximum absolute atomic E-state index is 13.9. The fourth-order valence-electron chi connectivity index (χ4n) is 3.88. The first-order valence-corrected chi connectivity index (χ1v) is 14.1. The number of nitrogens with two attached hydrogens (primary N) is 1. The van der Waals surface area contributed by atoms with Crippen LogP contribution in [0.2, 0.25) is 0 Å². The summed E-state index contributed by atoms with van der Waals surface area (Å²) in [6.07, 6.45) is 4.57. The predicted octanol–water partition coefficient (Wildman–Crippen LogP) is 5.26. The smallest absolute Gasteiger partial charge is 0.241 e. The average Bonchev–Trinajstić information content (AvgIpc) is 2.93. The molecule has 0 aliphatic heterocycles. The van der Waals surface area contributed by atoms with Crippen LogP contribution < -0.4 is 21.3 Å².